The van der Waals surface area contributed by atoms with Crippen LogP contribution in [0.25, 0.3) is 0 Å². The van der Waals surface area contributed by atoms with Gasteiger partial charge >= 0.3 is 0 Å². The van der Waals surface area contributed by atoms with E-state index in [2.05, 4.69) is 10.2 Å². The van der Waals surface area contributed by atoms with E-state index in [0.29, 0.717) is 18.5 Å². The van der Waals surface area contributed by atoms with Gasteiger partial charge in [0.2, 0.25) is 5.91 Å². The maximum Gasteiger partial charge on any atom is 0.224 e. The summed E-state index contributed by atoms with van der Waals surface area (Å²) >= 11 is 1.64. The summed E-state index contributed by atoms with van der Waals surface area (Å²) in [7, 11) is 0. The SMILES string of the molecule is O=C(Cc1ccsc1)NC1CCN(C2CCOCC2)C1. The average molecular weight is 294 g/mol. The third kappa shape index (κ3) is 3.59. The summed E-state index contributed by atoms with van der Waals surface area (Å²) in [6, 6.07) is 3.00. The van der Waals surface area contributed by atoms with Crippen molar-refractivity contribution >= 4 is 17.2 Å². The number of ether oxygens (including phenoxy) is 1. The number of carbonyl (C=O) groups excluding carboxylic acids is 1. The lowest BCUT2D eigenvalue weighted by atomic mass is 10.1. The van der Waals surface area contributed by atoms with Crippen LogP contribution in [0.1, 0.15) is 24.8 Å². The van der Waals surface area contributed by atoms with Crippen LogP contribution in [0.4, 0.5) is 0 Å². The molecule has 3 rings (SSSR count). The Hall–Kier alpha value is -0.910. The van der Waals surface area contributed by atoms with Crippen LogP contribution in [0.5, 0.6) is 0 Å². The molecule has 4 nitrogen and oxygen atoms in total. The van der Waals surface area contributed by atoms with Crippen molar-refractivity contribution in [2.45, 2.75) is 37.8 Å². The van der Waals surface area contributed by atoms with Crippen LogP contribution in [0, 0.1) is 0 Å². The molecule has 0 spiro atoms. The van der Waals surface area contributed by atoms with Crippen LogP contribution >= 0.6 is 11.3 Å². The summed E-state index contributed by atoms with van der Waals surface area (Å²) in [5.74, 6) is 0.155. The minimum Gasteiger partial charge on any atom is -0.381 e. The zero-order chi connectivity index (χ0) is 13.8. The van der Waals surface area contributed by atoms with Gasteiger partial charge in [-0.2, -0.15) is 11.3 Å². The second-order valence-electron chi connectivity index (χ2n) is 5.70. The van der Waals surface area contributed by atoms with Crippen molar-refractivity contribution in [1.29, 1.82) is 0 Å². The first-order chi connectivity index (χ1) is 9.81. The fourth-order valence-corrected chi connectivity index (χ4v) is 3.81. The Morgan fingerprint density at radius 3 is 3.00 bits per heavy atom. The molecule has 0 bridgehead atoms. The Morgan fingerprint density at radius 1 is 1.40 bits per heavy atom. The normalized spacial score (nSPS) is 24.9. The van der Waals surface area contributed by atoms with Crippen molar-refractivity contribution < 1.29 is 9.53 Å². The molecule has 2 fully saturated rings. The van der Waals surface area contributed by atoms with E-state index >= 15 is 0 Å². The number of carbonyl (C=O) groups is 1. The predicted octanol–water partition coefficient (Wildman–Crippen LogP) is 1.66. The molecule has 1 aromatic rings. The third-order valence-corrected chi connectivity index (χ3v) is 4.97. The van der Waals surface area contributed by atoms with Crippen LogP contribution in [0.2, 0.25) is 0 Å². The van der Waals surface area contributed by atoms with Gasteiger partial charge in [0.25, 0.3) is 0 Å². The third-order valence-electron chi connectivity index (χ3n) is 4.24. The number of likely N-dealkylation sites (tertiary alicyclic amines) is 1. The van der Waals surface area contributed by atoms with E-state index in [-0.39, 0.29) is 5.91 Å². The molecule has 5 heteroatoms. The fourth-order valence-electron chi connectivity index (χ4n) is 3.14. The molecule has 2 aliphatic rings. The average Bonchev–Trinajstić information content (AvgIpc) is 3.11. The van der Waals surface area contributed by atoms with Crippen molar-refractivity contribution in [1.82, 2.24) is 10.2 Å². The van der Waals surface area contributed by atoms with E-state index < -0.39 is 0 Å². The second-order valence-corrected chi connectivity index (χ2v) is 6.48. The monoisotopic (exact) mass is 294 g/mol. The van der Waals surface area contributed by atoms with Crippen molar-refractivity contribution in [3.63, 3.8) is 0 Å². The largest absolute Gasteiger partial charge is 0.381 e. The van der Waals surface area contributed by atoms with Gasteiger partial charge in [-0.25, -0.2) is 0 Å². The maximum atomic E-state index is 12.0. The molecular formula is C15H22N2O2S. The number of nitrogens with one attached hydrogen (secondary N) is 1. The minimum atomic E-state index is 0.155. The predicted molar refractivity (Wildman–Crippen MR) is 80.0 cm³/mol. The molecule has 0 radical (unpaired) electrons. The van der Waals surface area contributed by atoms with Crippen molar-refractivity contribution in [2.75, 3.05) is 26.3 Å². The molecular weight excluding hydrogens is 272 g/mol. The summed E-state index contributed by atoms with van der Waals surface area (Å²) in [6.45, 7) is 3.88. The Balaban J connectivity index is 1.44. The smallest absolute Gasteiger partial charge is 0.224 e. The van der Waals surface area contributed by atoms with Gasteiger partial charge < -0.3 is 10.1 Å². The van der Waals surface area contributed by atoms with Gasteiger partial charge in [-0.1, -0.05) is 0 Å². The van der Waals surface area contributed by atoms with Crippen LogP contribution in [0.15, 0.2) is 16.8 Å². The van der Waals surface area contributed by atoms with Crippen LogP contribution in [-0.2, 0) is 16.0 Å². The first kappa shape index (κ1) is 14.0. The van der Waals surface area contributed by atoms with Crippen LogP contribution in [0.3, 0.4) is 0 Å². The van der Waals surface area contributed by atoms with Gasteiger partial charge in [0, 0.05) is 38.4 Å². The van der Waals surface area contributed by atoms with Crippen LogP contribution < -0.4 is 5.32 Å². The molecule has 110 valence electrons. The number of amides is 1. The molecule has 20 heavy (non-hydrogen) atoms. The summed E-state index contributed by atoms with van der Waals surface area (Å²) in [5.41, 5.74) is 1.12. The lowest BCUT2D eigenvalue weighted by Gasteiger charge is -2.31. The lowest BCUT2D eigenvalue weighted by Crippen LogP contribution is -2.42. The molecule has 1 atom stereocenters. The molecule has 2 aliphatic heterocycles. The van der Waals surface area contributed by atoms with E-state index in [0.717, 1.165) is 51.1 Å². The Morgan fingerprint density at radius 2 is 2.25 bits per heavy atom. The standard InChI is InChI=1S/C15H22N2O2S/c18-15(9-12-4-8-20-11-12)16-13-1-5-17(10-13)14-2-6-19-7-3-14/h4,8,11,13-14H,1-3,5-7,9-10H2,(H,16,18). The van der Waals surface area contributed by atoms with Crippen molar-refractivity contribution in [2.24, 2.45) is 0 Å². The maximum absolute atomic E-state index is 12.0. The lowest BCUT2D eigenvalue weighted by molar-refractivity contribution is -0.121. The molecule has 0 saturated carbocycles. The number of thiophene rings is 1. The van der Waals surface area contributed by atoms with Gasteiger partial charge in [-0.05, 0) is 41.7 Å². The van der Waals surface area contributed by atoms with Gasteiger partial charge in [-0.3, -0.25) is 9.69 Å². The first-order valence-electron chi connectivity index (χ1n) is 7.43. The Kier molecular flexibility index (Phi) is 4.70. The molecule has 0 aromatic carbocycles. The van der Waals surface area contributed by atoms with Crippen molar-refractivity contribution in [3.8, 4) is 0 Å². The molecule has 1 aromatic heterocycles. The highest BCUT2D eigenvalue weighted by molar-refractivity contribution is 7.07. The molecule has 1 N–H and O–H groups in total. The first-order valence-corrected chi connectivity index (χ1v) is 8.38. The highest BCUT2D eigenvalue weighted by atomic mass is 32.1. The highest BCUT2D eigenvalue weighted by Gasteiger charge is 2.29. The van der Waals surface area contributed by atoms with E-state index in [4.69, 9.17) is 4.74 Å². The molecule has 1 unspecified atom stereocenters. The summed E-state index contributed by atoms with van der Waals surface area (Å²) in [4.78, 5) is 14.5. The fraction of sp³-hybridized carbons (Fsp3) is 0.667. The summed E-state index contributed by atoms with van der Waals surface area (Å²) in [5, 5.41) is 7.24. The molecule has 1 amide bonds. The van der Waals surface area contributed by atoms with Gasteiger partial charge in [-0.15, -0.1) is 0 Å². The highest BCUT2D eigenvalue weighted by Crippen LogP contribution is 2.20. The number of hydrogen-bond acceptors (Lipinski definition) is 4. The van der Waals surface area contributed by atoms with Gasteiger partial charge in [0.05, 0.1) is 6.42 Å². The molecule has 2 saturated heterocycles. The zero-order valence-corrected chi connectivity index (χ0v) is 12.5. The van der Waals surface area contributed by atoms with Crippen LogP contribution in [-0.4, -0.2) is 49.2 Å². The topological polar surface area (TPSA) is 41.6 Å². The summed E-state index contributed by atoms with van der Waals surface area (Å²) in [6.07, 6.45) is 3.86. The van der Waals surface area contributed by atoms with Gasteiger partial charge in [0.1, 0.15) is 0 Å². The number of nitrogens with zero attached hydrogens (tertiary/aromatic N) is 1. The molecule has 3 heterocycles. The summed E-state index contributed by atoms with van der Waals surface area (Å²) < 4.78 is 5.41. The Bertz CT molecular complexity index is 429. The van der Waals surface area contributed by atoms with E-state index in [1.165, 1.54) is 0 Å². The van der Waals surface area contributed by atoms with Crippen molar-refractivity contribution in [3.05, 3.63) is 22.4 Å². The number of rotatable bonds is 4. The van der Waals surface area contributed by atoms with Gasteiger partial charge in [0.15, 0.2) is 0 Å². The number of hydrogen-bond donors (Lipinski definition) is 1. The zero-order valence-electron chi connectivity index (χ0n) is 11.7. The van der Waals surface area contributed by atoms with E-state index in [1.807, 2.05) is 16.8 Å². The van der Waals surface area contributed by atoms with E-state index in [9.17, 15) is 4.79 Å². The Labute approximate surface area is 124 Å². The molecule has 0 aliphatic carbocycles. The van der Waals surface area contributed by atoms with E-state index in [1.54, 1.807) is 11.3 Å². The second kappa shape index (κ2) is 6.70. The minimum absolute atomic E-state index is 0.155. The quantitative estimate of drug-likeness (QED) is 0.918.